The van der Waals surface area contributed by atoms with Gasteiger partial charge in [0.05, 0.1) is 28.3 Å². The summed E-state index contributed by atoms with van der Waals surface area (Å²) in [6, 6.07) is 19.3. The number of hydrogen-bond acceptors (Lipinski definition) is 6. The molecule has 2 aromatic carbocycles. The molecule has 1 fully saturated rings. The fourth-order valence-electron chi connectivity index (χ4n) is 3.48. The van der Waals surface area contributed by atoms with E-state index in [2.05, 4.69) is 15.1 Å². The van der Waals surface area contributed by atoms with Gasteiger partial charge in [0.25, 0.3) is 5.91 Å². The Hall–Kier alpha value is -3.47. The molecule has 34 heavy (non-hydrogen) atoms. The van der Waals surface area contributed by atoms with E-state index >= 15 is 0 Å². The molecule has 8 nitrogen and oxygen atoms in total. The van der Waals surface area contributed by atoms with Crippen LogP contribution in [-0.4, -0.2) is 37.3 Å². The summed E-state index contributed by atoms with van der Waals surface area (Å²) in [4.78, 5) is 14.4. The molecule has 0 radical (unpaired) electrons. The number of hydrogen-bond donors (Lipinski definition) is 2. The Labute approximate surface area is 201 Å². The third-order valence-electron chi connectivity index (χ3n) is 5.35. The number of anilines is 1. The van der Waals surface area contributed by atoms with Gasteiger partial charge in [-0.2, -0.15) is 5.10 Å². The fraction of sp³-hybridized carbons (Fsp3) is 0.167. The van der Waals surface area contributed by atoms with Gasteiger partial charge in [0.15, 0.2) is 0 Å². The number of aromatic nitrogens is 2. The second-order valence-corrected chi connectivity index (χ2v) is 10.5. The van der Waals surface area contributed by atoms with Crippen molar-refractivity contribution in [1.29, 1.82) is 0 Å². The Morgan fingerprint density at radius 1 is 1.09 bits per heavy atom. The van der Waals surface area contributed by atoms with Crippen LogP contribution in [0.5, 0.6) is 5.75 Å². The number of methoxy groups -OCH3 is 1. The van der Waals surface area contributed by atoms with E-state index < -0.39 is 15.9 Å². The minimum absolute atomic E-state index is 0.0268. The predicted octanol–water partition coefficient (Wildman–Crippen LogP) is 4.30. The number of carbonyl (C=O) groups excluding carboxylic acids is 1. The summed E-state index contributed by atoms with van der Waals surface area (Å²) in [5.41, 5.74) is 1.96. The van der Waals surface area contributed by atoms with Gasteiger partial charge in [-0.15, -0.1) is 11.3 Å². The van der Waals surface area contributed by atoms with Gasteiger partial charge in [0.2, 0.25) is 10.0 Å². The summed E-state index contributed by atoms with van der Waals surface area (Å²) in [7, 11) is -2.23. The molecule has 1 saturated carbocycles. The number of nitrogens with one attached hydrogen (secondary N) is 2. The van der Waals surface area contributed by atoms with Crippen molar-refractivity contribution in [2.45, 2.75) is 23.8 Å². The second kappa shape index (κ2) is 9.05. The lowest BCUT2D eigenvalue weighted by Gasteiger charge is -2.13. The molecule has 0 unspecified atom stereocenters. The molecule has 10 heteroatoms. The van der Waals surface area contributed by atoms with Crippen LogP contribution < -0.4 is 14.8 Å². The van der Waals surface area contributed by atoms with E-state index in [4.69, 9.17) is 4.74 Å². The summed E-state index contributed by atoms with van der Waals surface area (Å²) in [6.45, 7) is 0. The van der Waals surface area contributed by atoms with Crippen molar-refractivity contribution in [3.05, 3.63) is 77.8 Å². The maximum Gasteiger partial charge on any atom is 0.274 e. The van der Waals surface area contributed by atoms with Crippen molar-refractivity contribution in [3.8, 4) is 22.0 Å². The highest BCUT2D eigenvalue weighted by molar-refractivity contribution is 7.89. The van der Waals surface area contributed by atoms with Crippen LogP contribution in [0.15, 0.2) is 77.0 Å². The van der Waals surface area contributed by atoms with Crippen molar-refractivity contribution in [3.63, 3.8) is 0 Å². The number of ether oxygens (including phenoxy) is 1. The average Bonchev–Trinajstić information content (AvgIpc) is 3.29. The molecule has 5 rings (SSSR count). The van der Waals surface area contributed by atoms with Crippen LogP contribution in [0.3, 0.4) is 0 Å². The number of nitrogens with zero attached hydrogens (tertiary/aromatic N) is 2. The topological polar surface area (TPSA) is 102 Å². The number of sulfonamides is 1. The molecule has 2 heterocycles. The Kier molecular flexibility index (Phi) is 5.94. The molecule has 1 amide bonds. The summed E-state index contributed by atoms with van der Waals surface area (Å²) in [6.07, 6.45) is 1.66. The summed E-state index contributed by atoms with van der Waals surface area (Å²) >= 11 is 1.53. The molecule has 0 atom stereocenters. The quantitative estimate of drug-likeness (QED) is 0.380. The van der Waals surface area contributed by atoms with Gasteiger partial charge in [0, 0.05) is 6.04 Å². The molecule has 4 aromatic rings. The second-order valence-electron chi connectivity index (χ2n) is 7.85. The third-order valence-corrected chi connectivity index (χ3v) is 7.76. The molecular formula is C24H22N4O4S2. The Bertz CT molecular complexity index is 1430. The molecular weight excluding hydrogens is 472 g/mol. The zero-order valence-electron chi connectivity index (χ0n) is 18.3. The average molecular weight is 495 g/mol. The first-order chi connectivity index (χ1) is 16.4. The van der Waals surface area contributed by atoms with Gasteiger partial charge in [-0.3, -0.25) is 4.79 Å². The maximum atomic E-state index is 13.4. The van der Waals surface area contributed by atoms with Gasteiger partial charge >= 0.3 is 0 Å². The molecule has 0 bridgehead atoms. The monoisotopic (exact) mass is 494 g/mol. The van der Waals surface area contributed by atoms with Crippen molar-refractivity contribution in [2.24, 2.45) is 0 Å². The molecule has 0 aliphatic heterocycles. The minimum atomic E-state index is -3.69. The van der Waals surface area contributed by atoms with E-state index in [9.17, 15) is 13.2 Å². The summed E-state index contributed by atoms with van der Waals surface area (Å²) in [5, 5.41) is 9.42. The van der Waals surface area contributed by atoms with Gasteiger partial charge < -0.3 is 10.1 Å². The number of carbonyl (C=O) groups is 1. The van der Waals surface area contributed by atoms with Crippen molar-refractivity contribution >= 4 is 33.0 Å². The van der Waals surface area contributed by atoms with Crippen LogP contribution >= 0.6 is 11.3 Å². The molecule has 174 valence electrons. The SMILES string of the molecule is COc1ccc(S(=O)(=O)NC2CC2)cc1NC(=O)c1cc(-c2cccs2)nn1-c1ccccc1. The van der Waals surface area contributed by atoms with E-state index in [1.807, 2.05) is 47.8 Å². The smallest absolute Gasteiger partial charge is 0.274 e. The van der Waals surface area contributed by atoms with Crippen LogP contribution in [0.4, 0.5) is 5.69 Å². The lowest BCUT2D eigenvalue weighted by Crippen LogP contribution is -2.26. The van der Waals surface area contributed by atoms with Crippen LogP contribution in [0, 0.1) is 0 Å². The Balaban J connectivity index is 1.51. The molecule has 0 saturated heterocycles. The number of amides is 1. The standard InChI is InChI=1S/C24H22N4O4S2/c1-32-22-12-11-18(34(30,31)27-16-9-10-16)14-19(22)25-24(29)21-15-20(23-8-5-13-33-23)26-28(21)17-6-3-2-4-7-17/h2-8,11-16,27H,9-10H2,1H3,(H,25,29). The van der Waals surface area contributed by atoms with Crippen LogP contribution in [0.1, 0.15) is 23.3 Å². The van der Waals surface area contributed by atoms with E-state index in [0.717, 1.165) is 23.4 Å². The zero-order chi connectivity index (χ0) is 23.7. The summed E-state index contributed by atoms with van der Waals surface area (Å²) < 4.78 is 35.0. The van der Waals surface area contributed by atoms with Crippen LogP contribution in [-0.2, 0) is 10.0 Å². The van der Waals surface area contributed by atoms with Gasteiger partial charge in [-0.25, -0.2) is 17.8 Å². The lowest BCUT2D eigenvalue weighted by atomic mass is 10.2. The predicted molar refractivity (Wildman–Crippen MR) is 131 cm³/mol. The molecule has 1 aliphatic rings. The van der Waals surface area contributed by atoms with E-state index in [1.165, 1.54) is 36.6 Å². The molecule has 2 aromatic heterocycles. The first-order valence-electron chi connectivity index (χ1n) is 10.7. The Morgan fingerprint density at radius 3 is 2.56 bits per heavy atom. The first kappa shape index (κ1) is 22.3. The maximum absolute atomic E-state index is 13.4. The Morgan fingerprint density at radius 2 is 1.88 bits per heavy atom. The van der Waals surface area contributed by atoms with E-state index in [-0.39, 0.29) is 16.6 Å². The highest BCUT2D eigenvalue weighted by atomic mass is 32.2. The number of thiophene rings is 1. The number of rotatable bonds is 8. The molecule has 0 spiro atoms. The first-order valence-corrected chi connectivity index (χ1v) is 13.0. The van der Waals surface area contributed by atoms with Gasteiger partial charge in [-0.1, -0.05) is 24.3 Å². The molecule has 1 aliphatic carbocycles. The van der Waals surface area contributed by atoms with Crippen LogP contribution in [0.2, 0.25) is 0 Å². The summed E-state index contributed by atoms with van der Waals surface area (Å²) in [5.74, 6) is -0.0925. The normalized spacial score (nSPS) is 13.6. The third kappa shape index (κ3) is 4.60. The largest absolute Gasteiger partial charge is 0.495 e. The fourth-order valence-corrected chi connectivity index (χ4v) is 5.49. The number of benzene rings is 2. The van der Waals surface area contributed by atoms with Crippen LogP contribution in [0.25, 0.3) is 16.3 Å². The molecule has 2 N–H and O–H groups in total. The zero-order valence-corrected chi connectivity index (χ0v) is 19.9. The van der Waals surface area contributed by atoms with Gasteiger partial charge in [0.1, 0.15) is 17.1 Å². The van der Waals surface area contributed by atoms with Gasteiger partial charge in [-0.05, 0) is 60.7 Å². The number of para-hydroxylation sites is 1. The highest BCUT2D eigenvalue weighted by Crippen LogP contribution is 2.31. The van der Waals surface area contributed by atoms with E-state index in [1.54, 1.807) is 10.7 Å². The van der Waals surface area contributed by atoms with Crippen molar-refractivity contribution in [1.82, 2.24) is 14.5 Å². The van der Waals surface area contributed by atoms with E-state index in [0.29, 0.717) is 17.1 Å². The van der Waals surface area contributed by atoms with Crippen molar-refractivity contribution < 1.29 is 17.9 Å². The minimum Gasteiger partial charge on any atom is -0.495 e. The van der Waals surface area contributed by atoms with Crippen molar-refractivity contribution in [2.75, 3.05) is 12.4 Å². The highest BCUT2D eigenvalue weighted by Gasteiger charge is 2.29. The lowest BCUT2D eigenvalue weighted by molar-refractivity contribution is 0.101.